The molecule has 0 aliphatic carbocycles. The molecule has 0 radical (unpaired) electrons. The van der Waals surface area contributed by atoms with Crippen LogP contribution in [0.3, 0.4) is 0 Å². The number of carboxylic acids is 1. The number of nitrogens with zero attached hydrogens (tertiary/aromatic N) is 1. The Morgan fingerprint density at radius 2 is 1.94 bits per heavy atom. The molecule has 7 heteroatoms. The molecule has 1 aliphatic rings. The topological polar surface area (TPSA) is 86.7 Å². The maximum atomic E-state index is 11.8. The maximum Gasteiger partial charge on any atom is 0.303 e. The lowest BCUT2D eigenvalue weighted by atomic mass is 10.1. The summed E-state index contributed by atoms with van der Waals surface area (Å²) < 4.78 is 27.6. The molecule has 17 heavy (non-hydrogen) atoms. The zero-order chi connectivity index (χ0) is 12.9. The van der Waals surface area contributed by atoms with E-state index in [2.05, 4.69) is 4.72 Å². The third kappa shape index (κ3) is 5.01. The van der Waals surface area contributed by atoms with Crippen molar-refractivity contribution in [3.05, 3.63) is 0 Å². The molecular weight excluding hydrogens is 244 g/mol. The summed E-state index contributed by atoms with van der Waals surface area (Å²) in [5, 5.41) is 8.57. The standard InChI is InChI=1S/C10H20N2O4S/c1-9(7-10(13)14)8-11-17(15,16)12-5-3-2-4-6-12/h9,11H,2-8H2,1H3,(H,13,14). The predicted molar refractivity (Wildman–Crippen MR) is 63.8 cm³/mol. The SMILES string of the molecule is CC(CNS(=O)(=O)N1CCCCC1)CC(=O)O. The van der Waals surface area contributed by atoms with Crippen LogP contribution in [0, 0.1) is 5.92 Å². The highest BCUT2D eigenvalue weighted by molar-refractivity contribution is 7.87. The van der Waals surface area contributed by atoms with Crippen molar-refractivity contribution in [3.63, 3.8) is 0 Å². The lowest BCUT2D eigenvalue weighted by molar-refractivity contribution is -0.137. The molecule has 1 fully saturated rings. The number of hydrogen-bond acceptors (Lipinski definition) is 3. The Kier molecular flexibility index (Phi) is 5.35. The van der Waals surface area contributed by atoms with Gasteiger partial charge in [-0.3, -0.25) is 4.79 Å². The number of piperidine rings is 1. The normalized spacial score (nSPS) is 20.1. The van der Waals surface area contributed by atoms with E-state index in [0.717, 1.165) is 19.3 Å². The minimum Gasteiger partial charge on any atom is -0.481 e. The van der Waals surface area contributed by atoms with Gasteiger partial charge in [0, 0.05) is 26.1 Å². The van der Waals surface area contributed by atoms with Gasteiger partial charge in [-0.2, -0.15) is 12.7 Å². The van der Waals surface area contributed by atoms with Gasteiger partial charge in [0.15, 0.2) is 0 Å². The summed E-state index contributed by atoms with van der Waals surface area (Å²) in [6, 6.07) is 0. The summed E-state index contributed by atoms with van der Waals surface area (Å²) in [4.78, 5) is 10.4. The first-order chi connectivity index (χ1) is 7.92. The van der Waals surface area contributed by atoms with Gasteiger partial charge in [0.1, 0.15) is 0 Å². The predicted octanol–water partition coefficient (Wildman–Crippen LogP) is 0.418. The molecule has 0 aromatic rings. The lowest BCUT2D eigenvalue weighted by Gasteiger charge is -2.26. The van der Waals surface area contributed by atoms with Crippen LogP contribution >= 0.6 is 0 Å². The molecule has 0 bridgehead atoms. The van der Waals surface area contributed by atoms with Gasteiger partial charge in [0.2, 0.25) is 0 Å². The fourth-order valence-electron chi connectivity index (χ4n) is 1.81. The molecule has 1 heterocycles. The highest BCUT2D eigenvalue weighted by Gasteiger charge is 2.23. The van der Waals surface area contributed by atoms with Gasteiger partial charge >= 0.3 is 5.97 Å². The molecule has 0 amide bonds. The summed E-state index contributed by atoms with van der Waals surface area (Å²) in [6.07, 6.45) is 2.83. The van der Waals surface area contributed by atoms with Crippen molar-refractivity contribution < 1.29 is 18.3 Å². The summed E-state index contributed by atoms with van der Waals surface area (Å²) in [5.41, 5.74) is 0. The number of nitrogens with one attached hydrogen (secondary N) is 1. The molecule has 1 saturated heterocycles. The summed E-state index contributed by atoms with van der Waals surface area (Å²) in [6.45, 7) is 3.00. The first-order valence-corrected chi connectivity index (χ1v) is 7.32. The quantitative estimate of drug-likeness (QED) is 0.728. The van der Waals surface area contributed by atoms with Gasteiger partial charge in [0.25, 0.3) is 10.2 Å². The molecular formula is C10H20N2O4S. The molecule has 0 aromatic carbocycles. The summed E-state index contributed by atoms with van der Waals surface area (Å²) in [7, 11) is -3.42. The van der Waals surface area contributed by atoms with Gasteiger partial charge in [-0.15, -0.1) is 0 Å². The molecule has 0 spiro atoms. The van der Waals surface area contributed by atoms with Crippen LogP contribution in [-0.4, -0.2) is 43.4 Å². The fraction of sp³-hybridized carbons (Fsp3) is 0.900. The molecule has 1 rings (SSSR count). The maximum absolute atomic E-state index is 11.8. The first-order valence-electron chi connectivity index (χ1n) is 5.88. The van der Waals surface area contributed by atoms with Gasteiger partial charge < -0.3 is 5.11 Å². The summed E-state index contributed by atoms with van der Waals surface area (Å²) >= 11 is 0. The molecule has 1 aliphatic heterocycles. The smallest absolute Gasteiger partial charge is 0.303 e. The van der Waals surface area contributed by atoms with Crippen molar-refractivity contribution in [3.8, 4) is 0 Å². The van der Waals surface area contributed by atoms with Crippen molar-refractivity contribution >= 4 is 16.2 Å². The van der Waals surface area contributed by atoms with E-state index in [0.29, 0.717) is 13.1 Å². The van der Waals surface area contributed by atoms with Crippen LogP contribution in [0.2, 0.25) is 0 Å². The van der Waals surface area contributed by atoms with Gasteiger partial charge in [-0.25, -0.2) is 4.72 Å². The van der Waals surface area contributed by atoms with Crippen molar-refractivity contribution in [1.29, 1.82) is 0 Å². The van der Waals surface area contributed by atoms with E-state index in [-0.39, 0.29) is 18.9 Å². The number of rotatable bonds is 6. The Balaban J connectivity index is 2.40. The van der Waals surface area contributed by atoms with Crippen LogP contribution in [0.4, 0.5) is 0 Å². The zero-order valence-electron chi connectivity index (χ0n) is 10.1. The zero-order valence-corrected chi connectivity index (χ0v) is 10.9. The van der Waals surface area contributed by atoms with Crippen molar-refractivity contribution in [2.45, 2.75) is 32.6 Å². The second kappa shape index (κ2) is 6.32. The number of carbonyl (C=O) groups is 1. The molecule has 1 unspecified atom stereocenters. The third-order valence-electron chi connectivity index (χ3n) is 2.79. The molecule has 0 saturated carbocycles. The van der Waals surface area contributed by atoms with Crippen molar-refractivity contribution in [1.82, 2.24) is 9.03 Å². The molecule has 100 valence electrons. The number of hydrogen-bond donors (Lipinski definition) is 2. The van der Waals surface area contributed by atoms with E-state index >= 15 is 0 Å². The van der Waals surface area contributed by atoms with Crippen LogP contribution in [0.15, 0.2) is 0 Å². The Morgan fingerprint density at radius 1 is 1.35 bits per heavy atom. The van der Waals surface area contributed by atoms with Crippen LogP contribution in [-0.2, 0) is 15.0 Å². The molecule has 1 atom stereocenters. The van der Waals surface area contributed by atoms with E-state index in [4.69, 9.17) is 5.11 Å². The Labute approximate surface area is 102 Å². The largest absolute Gasteiger partial charge is 0.481 e. The van der Waals surface area contributed by atoms with E-state index in [1.807, 2.05) is 0 Å². The third-order valence-corrected chi connectivity index (χ3v) is 4.37. The summed E-state index contributed by atoms with van der Waals surface area (Å²) in [5.74, 6) is -1.11. The van der Waals surface area contributed by atoms with E-state index in [9.17, 15) is 13.2 Å². The van der Waals surface area contributed by atoms with Crippen molar-refractivity contribution in [2.24, 2.45) is 5.92 Å². The minimum absolute atomic E-state index is 0.0253. The second-order valence-electron chi connectivity index (χ2n) is 4.52. The fourth-order valence-corrected chi connectivity index (χ4v) is 3.23. The number of carboxylic acid groups (broad SMARTS) is 1. The lowest BCUT2D eigenvalue weighted by Crippen LogP contribution is -2.44. The Morgan fingerprint density at radius 3 is 2.47 bits per heavy atom. The molecule has 2 N–H and O–H groups in total. The highest BCUT2D eigenvalue weighted by atomic mass is 32.2. The van der Waals surface area contributed by atoms with Gasteiger partial charge in [-0.05, 0) is 18.8 Å². The van der Waals surface area contributed by atoms with Gasteiger partial charge in [-0.1, -0.05) is 13.3 Å². The van der Waals surface area contributed by atoms with E-state index < -0.39 is 16.2 Å². The average molecular weight is 264 g/mol. The Hall–Kier alpha value is -0.660. The average Bonchev–Trinajstić information content (AvgIpc) is 2.27. The second-order valence-corrected chi connectivity index (χ2v) is 6.27. The van der Waals surface area contributed by atoms with Crippen LogP contribution in [0.5, 0.6) is 0 Å². The van der Waals surface area contributed by atoms with E-state index in [1.165, 1.54) is 4.31 Å². The number of aliphatic carboxylic acids is 1. The monoisotopic (exact) mass is 264 g/mol. The van der Waals surface area contributed by atoms with Crippen molar-refractivity contribution in [2.75, 3.05) is 19.6 Å². The van der Waals surface area contributed by atoms with Crippen LogP contribution < -0.4 is 4.72 Å². The highest BCUT2D eigenvalue weighted by Crippen LogP contribution is 2.12. The van der Waals surface area contributed by atoms with Crippen LogP contribution in [0.1, 0.15) is 32.6 Å². The van der Waals surface area contributed by atoms with Crippen LogP contribution in [0.25, 0.3) is 0 Å². The van der Waals surface area contributed by atoms with E-state index in [1.54, 1.807) is 6.92 Å². The first kappa shape index (κ1) is 14.4. The minimum atomic E-state index is -3.42. The molecule has 0 aromatic heterocycles. The van der Waals surface area contributed by atoms with Gasteiger partial charge in [0.05, 0.1) is 0 Å². The molecule has 6 nitrogen and oxygen atoms in total. The Bertz CT molecular complexity index is 349.